The smallest absolute Gasteiger partial charge is 0.265 e. The maximum Gasteiger partial charge on any atom is 0.265 e. The summed E-state index contributed by atoms with van der Waals surface area (Å²) < 4.78 is 6.16. The SMILES string of the molecule is O=Cc1cc(Br)ccc1OCC(=O)Nc1ccc(NC(=O)c2cccs2)cc1. The normalized spacial score (nSPS) is 10.2. The molecule has 0 radical (unpaired) electrons. The van der Waals surface area contributed by atoms with Gasteiger partial charge in [-0.2, -0.15) is 0 Å². The summed E-state index contributed by atoms with van der Waals surface area (Å²) in [6.45, 7) is -0.237. The predicted octanol–water partition coefficient (Wildman–Crippen LogP) is 4.59. The lowest BCUT2D eigenvalue weighted by molar-refractivity contribution is -0.118. The summed E-state index contributed by atoms with van der Waals surface area (Å²) in [6, 6.07) is 15.3. The lowest BCUT2D eigenvalue weighted by atomic mass is 10.2. The number of nitrogens with one attached hydrogen (secondary N) is 2. The Balaban J connectivity index is 1.53. The minimum atomic E-state index is -0.366. The monoisotopic (exact) mass is 458 g/mol. The third kappa shape index (κ3) is 5.28. The number of hydrogen-bond donors (Lipinski definition) is 2. The largest absolute Gasteiger partial charge is 0.483 e. The number of hydrogen-bond acceptors (Lipinski definition) is 5. The summed E-state index contributed by atoms with van der Waals surface area (Å²) >= 11 is 4.64. The molecule has 28 heavy (non-hydrogen) atoms. The van der Waals surface area contributed by atoms with Crippen LogP contribution in [0.1, 0.15) is 20.0 Å². The number of benzene rings is 2. The minimum absolute atomic E-state index is 0.180. The van der Waals surface area contributed by atoms with Crippen LogP contribution in [0, 0.1) is 0 Å². The van der Waals surface area contributed by atoms with Crippen molar-refractivity contribution >= 4 is 56.7 Å². The van der Waals surface area contributed by atoms with Gasteiger partial charge in [0.25, 0.3) is 11.8 Å². The van der Waals surface area contributed by atoms with Gasteiger partial charge in [0.05, 0.1) is 10.4 Å². The molecule has 0 bridgehead atoms. The van der Waals surface area contributed by atoms with Gasteiger partial charge in [0, 0.05) is 15.8 Å². The molecule has 0 fully saturated rings. The van der Waals surface area contributed by atoms with E-state index in [1.54, 1.807) is 48.5 Å². The van der Waals surface area contributed by atoms with Gasteiger partial charge in [-0.3, -0.25) is 14.4 Å². The van der Waals surface area contributed by atoms with Crippen LogP contribution in [0.5, 0.6) is 5.75 Å². The van der Waals surface area contributed by atoms with Crippen LogP contribution < -0.4 is 15.4 Å². The van der Waals surface area contributed by atoms with Crippen LogP contribution in [-0.2, 0) is 4.79 Å². The second kappa shape index (κ2) is 9.29. The Morgan fingerprint density at radius 3 is 2.39 bits per heavy atom. The quantitative estimate of drug-likeness (QED) is 0.506. The van der Waals surface area contributed by atoms with Gasteiger partial charge in [0.15, 0.2) is 12.9 Å². The van der Waals surface area contributed by atoms with Crippen LogP contribution >= 0.6 is 27.3 Å². The highest BCUT2D eigenvalue weighted by Crippen LogP contribution is 2.22. The summed E-state index contributed by atoms with van der Waals surface area (Å²) in [4.78, 5) is 35.8. The molecule has 0 aliphatic carbocycles. The first-order valence-corrected chi connectivity index (χ1v) is 9.85. The van der Waals surface area contributed by atoms with Gasteiger partial charge in [0.2, 0.25) is 0 Å². The van der Waals surface area contributed by atoms with E-state index < -0.39 is 0 Å². The minimum Gasteiger partial charge on any atom is -0.483 e. The maximum atomic E-state index is 12.1. The number of carbonyl (C=O) groups is 3. The molecule has 0 aliphatic heterocycles. The standard InChI is InChI=1S/C20H15BrN2O4S/c21-14-3-8-17(13(10-14)11-24)27-12-19(25)22-15-4-6-16(7-5-15)23-20(26)18-2-1-9-28-18/h1-11H,12H2,(H,22,25)(H,23,26). The molecule has 2 amide bonds. The summed E-state index contributed by atoms with van der Waals surface area (Å²) in [5.41, 5.74) is 1.54. The third-order valence-electron chi connectivity index (χ3n) is 3.63. The second-order valence-corrected chi connectivity index (χ2v) is 7.51. The summed E-state index contributed by atoms with van der Waals surface area (Å²) in [7, 11) is 0. The molecule has 1 aromatic heterocycles. The third-order valence-corrected chi connectivity index (χ3v) is 4.99. The Hall–Kier alpha value is -2.97. The molecule has 0 atom stereocenters. The van der Waals surface area contributed by atoms with Crippen molar-refractivity contribution in [2.24, 2.45) is 0 Å². The Morgan fingerprint density at radius 1 is 1.04 bits per heavy atom. The molecule has 2 N–H and O–H groups in total. The molecular weight excluding hydrogens is 444 g/mol. The fourth-order valence-corrected chi connectivity index (χ4v) is 3.32. The average molecular weight is 459 g/mol. The van der Waals surface area contributed by atoms with Gasteiger partial charge in [-0.15, -0.1) is 11.3 Å². The number of carbonyl (C=O) groups excluding carboxylic acids is 3. The molecule has 0 unspecified atom stereocenters. The van der Waals surface area contributed by atoms with E-state index in [1.165, 1.54) is 11.3 Å². The molecule has 0 saturated heterocycles. The zero-order chi connectivity index (χ0) is 19.9. The number of anilines is 2. The first-order chi connectivity index (χ1) is 13.5. The number of rotatable bonds is 7. The van der Waals surface area contributed by atoms with Gasteiger partial charge in [-0.05, 0) is 53.9 Å². The van der Waals surface area contributed by atoms with Crippen LogP contribution in [0.2, 0.25) is 0 Å². The highest BCUT2D eigenvalue weighted by molar-refractivity contribution is 9.10. The van der Waals surface area contributed by atoms with Crippen molar-refractivity contribution in [3.8, 4) is 5.75 Å². The maximum absolute atomic E-state index is 12.1. The molecule has 3 rings (SSSR count). The van der Waals surface area contributed by atoms with Gasteiger partial charge in [-0.25, -0.2) is 0 Å². The molecule has 6 nitrogen and oxygen atoms in total. The number of amides is 2. The fraction of sp³-hybridized carbons (Fsp3) is 0.0500. The number of aldehydes is 1. The van der Waals surface area contributed by atoms with E-state index >= 15 is 0 Å². The van der Waals surface area contributed by atoms with E-state index in [2.05, 4.69) is 26.6 Å². The van der Waals surface area contributed by atoms with Gasteiger partial charge >= 0.3 is 0 Å². The molecule has 2 aromatic carbocycles. The van der Waals surface area contributed by atoms with Crippen molar-refractivity contribution in [3.63, 3.8) is 0 Å². The van der Waals surface area contributed by atoms with Crippen molar-refractivity contribution < 1.29 is 19.1 Å². The number of thiophene rings is 1. The van der Waals surface area contributed by atoms with E-state index in [-0.39, 0.29) is 18.4 Å². The van der Waals surface area contributed by atoms with Gasteiger partial charge in [0.1, 0.15) is 5.75 Å². The molecule has 3 aromatic rings. The topological polar surface area (TPSA) is 84.5 Å². The Bertz CT molecular complexity index is 988. The average Bonchev–Trinajstić information content (AvgIpc) is 3.23. The van der Waals surface area contributed by atoms with E-state index in [9.17, 15) is 14.4 Å². The molecule has 8 heteroatoms. The fourth-order valence-electron chi connectivity index (χ4n) is 2.32. The number of ether oxygens (including phenoxy) is 1. The van der Waals surface area contributed by atoms with Crippen LogP contribution in [0.15, 0.2) is 64.5 Å². The van der Waals surface area contributed by atoms with Crippen molar-refractivity contribution in [1.29, 1.82) is 0 Å². The first kappa shape index (κ1) is 19.8. The molecular formula is C20H15BrN2O4S. The summed E-state index contributed by atoms with van der Waals surface area (Å²) in [6.07, 6.45) is 0.668. The van der Waals surface area contributed by atoms with Crippen LogP contribution in [-0.4, -0.2) is 24.7 Å². The molecule has 0 spiro atoms. The first-order valence-electron chi connectivity index (χ1n) is 8.17. The van der Waals surface area contributed by atoms with Crippen molar-refractivity contribution in [3.05, 3.63) is 74.9 Å². The van der Waals surface area contributed by atoms with E-state index in [0.29, 0.717) is 33.9 Å². The predicted molar refractivity (Wildman–Crippen MR) is 112 cm³/mol. The van der Waals surface area contributed by atoms with Gasteiger partial charge < -0.3 is 15.4 Å². The van der Waals surface area contributed by atoms with Crippen LogP contribution in [0.3, 0.4) is 0 Å². The summed E-state index contributed by atoms with van der Waals surface area (Å²) in [5, 5.41) is 7.32. The Morgan fingerprint density at radius 2 is 1.75 bits per heavy atom. The molecule has 142 valence electrons. The lowest BCUT2D eigenvalue weighted by Crippen LogP contribution is -2.20. The van der Waals surface area contributed by atoms with Crippen molar-refractivity contribution in [1.82, 2.24) is 0 Å². The zero-order valence-electron chi connectivity index (χ0n) is 14.5. The van der Waals surface area contributed by atoms with Gasteiger partial charge in [-0.1, -0.05) is 22.0 Å². The Labute approximate surface area is 173 Å². The number of halogens is 1. The van der Waals surface area contributed by atoms with Crippen molar-refractivity contribution in [2.75, 3.05) is 17.2 Å². The second-order valence-electron chi connectivity index (χ2n) is 5.65. The van der Waals surface area contributed by atoms with Crippen LogP contribution in [0.4, 0.5) is 11.4 Å². The molecule has 0 saturated carbocycles. The molecule has 1 heterocycles. The van der Waals surface area contributed by atoms with Crippen molar-refractivity contribution in [2.45, 2.75) is 0 Å². The highest BCUT2D eigenvalue weighted by atomic mass is 79.9. The zero-order valence-corrected chi connectivity index (χ0v) is 16.9. The Kier molecular flexibility index (Phi) is 6.57. The lowest BCUT2D eigenvalue weighted by Gasteiger charge is -2.10. The van der Waals surface area contributed by atoms with E-state index in [1.807, 2.05) is 11.4 Å². The summed E-state index contributed by atoms with van der Waals surface area (Å²) in [5.74, 6) is -0.212. The van der Waals surface area contributed by atoms with E-state index in [0.717, 1.165) is 4.47 Å². The highest BCUT2D eigenvalue weighted by Gasteiger charge is 2.09. The van der Waals surface area contributed by atoms with Crippen LogP contribution in [0.25, 0.3) is 0 Å². The molecule has 0 aliphatic rings. The van der Waals surface area contributed by atoms with E-state index in [4.69, 9.17) is 4.74 Å².